The van der Waals surface area contributed by atoms with Gasteiger partial charge in [0.15, 0.2) is 0 Å². The van der Waals surface area contributed by atoms with Crippen LogP contribution >= 0.6 is 11.6 Å². The first-order valence-electron chi connectivity index (χ1n) is 8.87. The molecule has 0 spiro atoms. The summed E-state index contributed by atoms with van der Waals surface area (Å²) >= 11 is 6.08. The monoisotopic (exact) mass is 427 g/mol. The van der Waals surface area contributed by atoms with Crippen molar-refractivity contribution in [2.24, 2.45) is 0 Å². The number of nitrogens with one attached hydrogen (secondary N) is 1. The van der Waals surface area contributed by atoms with Crippen LogP contribution in [0.2, 0.25) is 0 Å². The van der Waals surface area contributed by atoms with Gasteiger partial charge in [-0.05, 0) is 49.7 Å². The number of carboxylic acid groups (broad SMARTS) is 1. The highest BCUT2D eigenvalue weighted by Crippen LogP contribution is 2.30. The molecule has 1 heterocycles. The van der Waals surface area contributed by atoms with Gasteiger partial charge in [0.2, 0.25) is 0 Å². The molecule has 0 saturated carbocycles. The molecule has 0 atom stereocenters. The van der Waals surface area contributed by atoms with Crippen LogP contribution in [-0.4, -0.2) is 29.9 Å². The van der Waals surface area contributed by atoms with E-state index in [-0.39, 0.29) is 33.6 Å². The number of imide groups is 1. The van der Waals surface area contributed by atoms with Gasteiger partial charge in [-0.25, -0.2) is 9.69 Å². The fourth-order valence-corrected chi connectivity index (χ4v) is 2.95. The fourth-order valence-electron chi connectivity index (χ4n) is 2.73. The molecule has 1 aliphatic heterocycles. The third-order valence-electron chi connectivity index (χ3n) is 4.10. The number of ether oxygens (including phenoxy) is 1. The zero-order valence-electron chi connectivity index (χ0n) is 16.0. The molecule has 1 aliphatic rings. The summed E-state index contributed by atoms with van der Waals surface area (Å²) in [6.45, 7) is 3.41. The Morgan fingerprint density at radius 1 is 1.03 bits per heavy atom. The Morgan fingerprint density at radius 3 is 2.30 bits per heavy atom. The van der Waals surface area contributed by atoms with Crippen LogP contribution in [0.1, 0.15) is 34.6 Å². The van der Waals surface area contributed by atoms with Gasteiger partial charge in [-0.1, -0.05) is 29.8 Å². The molecule has 0 aliphatic carbocycles. The summed E-state index contributed by atoms with van der Waals surface area (Å²) in [7, 11) is 0. The Balaban J connectivity index is 1.85. The standard InChI is InChI=1S/C21H17ClN2O6/c1-11(2)30-21(29)13-4-3-5-15(10-13)24-18(25)16(22)17(19(24)26)23-14-8-6-12(7-9-14)20(27)28/h3-11,23H,1-2H3,(H,27,28)/p-1. The van der Waals surface area contributed by atoms with Crippen molar-refractivity contribution in [3.05, 3.63) is 70.4 Å². The number of carbonyl (C=O) groups excluding carboxylic acids is 4. The van der Waals surface area contributed by atoms with Crippen molar-refractivity contribution in [3.8, 4) is 0 Å². The minimum absolute atomic E-state index is 0.0406. The van der Waals surface area contributed by atoms with Gasteiger partial charge in [-0.15, -0.1) is 0 Å². The number of hydrogen-bond acceptors (Lipinski definition) is 7. The third-order valence-corrected chi connectivity index (χ3v) is 4.45. The average Bonchev–Trinajstić information content (AvgIpc) is 2.91. The maximum atomic E-state index is 12.8. The van der Waals surface area contributed by atoms with E-state index < -0.39 is 23.8 Å². The number of rotatable bonds is 6. The van der Waals surface area contributed by atoms with Gasteiger partial charge in [-0.3, -0.25) is 9.59 Å². The molecule has 8 nitrogen and oxygen atoms in total. The molecule has 2 aromatic rings. The quantitative estimate of drug-likeness (QED) is 0.554. The Kier molecular flexibility index (Phi) is 5.89. The van der Waals surface area contributed by atoms with Crippen molar-refractivity contribution in [1.82, 2.24) is 0 Å². The number of esters is 1. The SMILES string of the molecule is CC(C)OC(=O)c1cccc(N2C(=O)C(Cl)=C(Nc3ccc(C(=O)[O-])cc3)C2=O)c1. The summed E-state index contributed by atoms with van der Waals surface area (Å²) < 4.78 is 5.13. The van der Waals surface area contributed by atoms with Crippen LogP contribution in [0.25, 0.3) is 0 Å². The van der Waals surface area contributed by atoms with Gasteiger partial charge in [0.05, 0.1) is 23.3 Å². The summed E-state index contributed by atoms with van der Waals surface area (Å²) in [5.74, 6) is -3.41. The van der Waals surface area contributed by atoms with Gasteiger partial charge >= 0.3 is 5.97 Å². The molecule has 0 radical (unpaired) electrons. The number of hydrogen-bond donors (Lipinski definition) is 1. The summed E-state index contributed by atoms with van der Waals surface area (Å²) in [5.41, 5.74) is 0.479. The van der Waals surface area contributed by atoms with Crippen LogP contribution in [0.3, 0.4) is 0 Å². The highest BCUT2D eigenvalue weighted by molar-refractivity contribution is 6.53. The van der Waals surface area contributed by atoms with Crippen molar-refractivity contribution in [1.29, 1.82) is 0 Å². The van der Waals surface area contributed by atoms with E-state index in [0.717, 1.165) is 4.90 Å². The predicted octanol–water partition coefficient (Wildman–Crippen LogP) is 2.05. The summed E-state index contributed by atoms with van der Waals surface area (Å²) in [4.78, 5) is 49.2. The van der Waals surface area contributed by atoms with Crippen molar-refractivity contribution >= 4 is 46.7 Å². The average molecular weight is 428 g/mol. The number of halogens is 1. The molecule has 154 valence electrons. The summed E-state index contributed by atoms with van der Waals surface area (Å²) in [5, 5.41) is 13.2. The van der Waals surface area contributed by atoms with Crippen molar-refractivity contribution in [3.63, 3.8) is 0 Å². The maximum Gasteiger partial charge on any atom is 0.338 e. The zero-order valence-corrected chi connectivity index (χ0v) is 16.7. The Morgan fingerprint density at radius 2 is 1.70 bits per heavy atom. The van der Waals surface area contributed by atoms with Gasteiger partial charge in [0.25, 0.3) is 11.8 Å². The molecule has 9 heteroatoms. The van der Waals surface area contributed by atoms with Crippen molar-refractivity contribution in [2.75, 3.05) is 10.2 Å². The topological polar surface area (TPSA) is 116 Å². The van der Waals surface area contributed by atoms with Gasteiger partial charge < -0.3 is 20.0 Å². The van der Waals surface area contributed by atoms with Crippen molar-refractivity contribution < 1.29 is 29.0 Å². The highest BCUT2D eigenvalue weighted by Gasteiger charge is 2.39. The molecule has 2 aromatic carbocycles. The number of benzene rings is 2. The van der Waals surface area contributed by atoms with Crippen LogP contribution in [-0.2, 0) is 14.3 Å². The normalized spacial score (nSPS) is 13.8. The second-order valence-electron chi connectivity index (χ2n) is 6.63. The first-order valence-corrected chi connectivity index (χ1v) is 9.25. The first-order chi connectivity index (χ1) is 14.2. The van der Waals surface area contributed by atoms with E-state index in [1.54, 1.807) is 13.8 Å². The highest BCUT2D eigenvalue weighted by atomic mass is 35.5. The van der Waals surface area contributed by atoms with Crippen LogP contribution < -0.4 is 15.3 Å². The Labute approximate surface area is 176 Å². The smallest absolute Gasteiger partial charge is 0.338 e. The van der Waals surface area contributed by atoms with Gasteiger partial charge in [-0.2, -0.15) is 0 Å². The number of carboxylic acids is 1. The number of amides is 2. The number of nitrogens with zero attached hydrogens (tertiary/aromatic N) is 1. The lowest BCUT2D eigenvalue weighted by atomic mass is 10.2. The lowest BCUT2D eigenvalue weighted by Crippen LogP contribution is -2.32. The van der Waals surface area contributed by atoms with E-state index in [4.69, 9.17) is 16.3 Å². The molecular weight excluding hydrogens is 412 g/mol. The molecule has 0 bridgehead atoms. The van der Waals surface area contributed by atoms with Crippen molar-refractivity contribution in [2.45, 2.75) is 20.0 Å². The molecule has 0 aromatic heterocycles. The molecule has 0 fully saturated rings. The molecule has 3 rings (SSSR count). The molecule has 0 unspecified atom stereocenters. The van der Waals surface area contributed by atoms with Crippen LogP contribution in [0.4, 0.5) is 11.4 Å². The summed E-state index contributed by atoms with van der Waals surface area (Å²) in [6.07, 6.45) is -0.327. The van der Waals surface area contributed by atoms with E-state index in [1.165, 1.54) is 48.5 Å². The Hall–Kier alpha value is -3.65. The van der Waals surface area contributed by atoms with Crippen LogP contribution in [0.5, 0.6) is 0 Å². The minimum Gasteiger partial charge on any atom is -0.545 e. The van der Waals surface area contributed by atoms with Gasteiger partial charge in [0, 0.05) is 5.69 Å². The number of anilines is 2. The van der Waals surface area contributed by atoms with E-state index in [1.807, 2.05) is 0 Å². The minimum atomic E-state index is -1.34. The van der Waals surface area contributed by atoms with E-state index >= 15 is 0 Å². The van der Waals surface area contributed by atoms with E-state index in [9.17, 15) is 24.3 Å². The number of aromatic carboxylic acids is 1. The maximum absolute atomic E-state index is 12.8. The fraction of sp³-hybridized carbons (Fsp3) is 0.143. The third kappa shape index (κ3) is 4.18. The molecule has 0 saturated heterocycles. The predicted molar refractivity (Wildman–Crippen MR) is 107 cm³/mol. The second kappa shape index (κ2) is 8.38. The van der Waals surface area contributed by atoms with Crippen LogP contribution in [0, 0.1) is 0 Å². The Bertz CT molecular complexity index is 1080. The second-order valence-corrected chi connectivity index (χ2v) is 7.01. The summed E-state index contributed by atoms with van der Waals surface area (Å²) in [6, 6.07) is 11.3. The van der Waals surface area contributed by atoms with Gasteiger partial charge in [0.1, 0.15) is 10.7 Å². The van der Waals surface area contributed by atoms with Crippen LogP contribution in [0.15, 0.2) is 59.3 Å². The number of carbonyl (C=O) groups is 4. The largest absolute Gasteiger partial charge is 0.545 e. The van der Waals surface area contributed by atoms with E-state index in [0.29, 0.717) is 5.69 Å². The molecular formula is C21H16ClN2O6-. The first kappa shape index (κ1) is 21.1. The lowest BCUT2D eigenvalue weighted by molar-refractivity contribution is -0.255. The molecule has 30 heavy (non-hydrogen) atoms. The zero-order chi connectivity index (χ0) is 22.0. The molecule has 2 amide bonds. The van der Waals surface area contributed by atoms with E-state index in [2.05, 4.69) is 5.32 Å². The molecule has 1 N–H and O–H groups in total. The lowest BCUT2D eigenvalue weighted by Gasteiger charge is -2.16.